The third kappa shape index (κ3) is 5.21. The van der Waals surface area contributed by atoms with Gasteiger partial charge in [-0.2, -0.15) is 0 Å². The quantitative estimate of drug-likeness (QED) is 0.531. The number of piperazine rings is 1. The van der Waals surface area contributed by atoms with Crippen LogP contribution in [0.3, 0.4) is 0 Å². The lowest BCUT2D eigenvalue weighted by atomic mass is 10.1. The molecule has 5 nitrogen and oxygen atoms in total. The van der Waals surface area contributed by atoms with E-state index in [4.69, 9.17) is 4.98 Å². The average molecular weight is 450 g/mol. The van der Waals surface area contributed by atoms with E-state index in [1.54, 1.807) is 12.1 Å². The van der Waals surface area contributed by atoms with E-state index in [9.17, 15) is 0 Å². The number of pyridine rings is 1. The summed E-state index contributed by atoms with van der Waals surface area (Å²) in [6.07, 6.45) is 1.78. The summed E-state index contributed by atoms with van der Waals surface area (Å²) in [7, 11) is 3.83. The molecule has 1 saturated heterocycles. The molecule has 0 radical (unpaired) electrons. The molecule has 1 aromatic heterocycles. The average Bonchev–Trinajstić information content (AvgIpc) is 2.79. The van der Waals surface area contributed by atoms with Crippen molar-refractivity contribution >= 4 is 17.2 Å². The van der Waals surface area contributed by atoms with Crippen molar-refractivity contribution in [2.45, 2.75) is 20.8 Å². The summed E-state index contributed by atoms with van der Waals surface area (Å²) < 4.78 is 15.2. The summed E-state index contributed by atoms with van der Waals surface area (Å²) >= 11 is 0. The Hall–Kier alpha value is -3.28. The highest BCUT2D eigenvalue weighted by molar-refractivity contribution is 5.66. The molecule has 1 aromatic carbocycles. The first-order chi connectivity index (χ1) is 15.6. The molecule has 176 valence electrons. The van der Waals surface area contributed by atoms with Gasteiger partial charge in [0.05, 0.1) is 0 Å². The molecule has 1 aliphatic heterocycles. The van der Waals surface area contributed by atoms with E-state index in [-0.39, 0.29) is 5.82 Å². The zero-order valence-electron chi connectivity index (χ0n) is 20.7. The van der Waals surface area contributed by atoms with Crippen molar-refractivity contribution in [1.29, 1.82) is 0 Å². The highest BCUT2D eigenvalue weighted by Gasteiger charge is 2.23. The molecule has 0 saturated carbocycles. The van der Waals surface area contributed by atoms with Gasteiger partial charge < -0.3 is 19.6 Å². The van der Waals surface area contributed by atoms with E-state index >= 15 is 4.39 Å². The fraction of sp³-hybridized carbons (Fsp3) is 0.370. The number of hydrogen-bond donors (Lipinski definition) is 0. The monoisotopic (exact) mass is 449 g/mol. The molecular weight excluding hydrogens is 413 g/mol. The van der Waals surface area contributed by atoms with Gasteiger partial charge in [0.25, 0.3) is 0 Å². The number of hydrogen-bond acceptors (Lipinski definition) is 5. The molecule has 0 amide bonds. The van der Waals surface area contributed by atoms with Gasteiger partial charge in [-0.1, -0.05) is 25.3 Å². The van der Waals surface area contributed by atoms with Crippen LogP contribution in [0.2, 0.25) is 0 Å². The SMILES string of the molecule is C=CCN(C(=C)N(C)C)c1ccc(C(=C)N2CCN(c3nc(C)c(C)cc3C)CC2)c(F)c1. The van der Waals surface area contributed by atoms with Gasteiger partial charge in [-0.15, -0.1) is 6.58 Å². The predicted molar refractivity (Wildman–Crippen MR) is 138 cm³/mol. The zero-order valence-corrected chi connectivity index (χ0v) is 20.7. The van der Waals surface area contributed by atoms with Crippen LogP contribution < -0.4 is 9.80 Å². The first kappa shape index (κ1) is 24.4. The molecule has 33 heavy (non-hydrogen) atoms. The van der Waals surface area contributed by atoms with E-state index in [2.05, 4.69) is 49.5 Å². The highest BCUT2D eigenvalue weighted by Crippen LogP contribution is 2.29. The minimum absolute atomic E-state index is 0.285. The Morgan fingerprint density at radius 1 is 1.06 bits per heavy atom. The fourth-order valence-electron chi connectivity index (χ4n) is 4.14. The van der Waals surface area contributed by atoms with Gasteiger partial charge in [-0.25, -0.2) is 9.37 Å². The number of halogens is 1. The first-order valence-electron chi connectivity index (χ1n) is 11.3. The smallest absolute Gasteiger partial charge is 0.134 e. The van der Waals surface area contributed by atoms with Crippen molar-refractivity contribution in [3.05, 3.63) is 84.1 Å². The van der Waals surface area contributed by atoms with Crippen LogP contribution in [-0.4, -0.2) is 61.6 Å². The summed E-state index contributed by atoms with van der Waals surface area (Å²) in [5.41, 5.74) is 5.45. The van der Waals surface area contributed by atoms with Gasteiger partial charge in [-0.05, 0) is 50.1 Å². The lowest BCUT2D eigenvalue weighted by molar-refractivity contribution is 0.365. The molecule has 0 unspecified atom stereocenters. The highest BCUT2D eigenvalue weighted by atomic mass is 19.1. The Kier molecular flexibility index (Phi) is 7.46. The molecule has 2 aromatic rings. The molecule has 0 aliphatic carbocycles. The Labute approximate surface area is 198 Å². The Morgan fingerprint density at radius 2 is 1.73 bits per heavy atom. The first-order valence-corrected chi connectivity index (χ1v) is 11.3. The number of nitrogens with zero attached hydrogens (tertiary/aromatic N) is 5. The molecule has 0 atom stereocenters. The topological polar surface area (TPSA) is 25.9 Å². The summed E-state index contributed by atoms with van der Waals surface area (Å²) in [4.78, 5) is 13.1. The van der Waals surface area contributed by atoms with Gasteiger partial charge in [0.1, 0.15) is 17.5 Å². The van der Waals surface area contributed by atoms with Crippen molar-refractivity contribution in [3.8, 4) is 0 Å². The van der Waals surface area contributed by atoms with Gasteiger partial charge in [-0.3, -0.25) is 0 Å². The Bertz CT molecular complexity index is 1050. The summed E-state index contributed by atoms with van der Waals surface area (Å²) in [6, 6.07) is 7.48. The number of rotatable bonds is 8. The molecule has 0 N–H and O–H groups in total. The van der Waals surface area contributed by atoms with Crippen LogP contribution in [-0.2, 0) is 0 Å². The van der Waals surface area contributed by atoms with Crippen LogP contribution in [0.5, 0.6) is 0 Å². The standard InChI is InChI=1S/C27H36FN5/c1-9-12-33(23(6)30(7)8)24-10-11-25(26(28)18-24)22(5)31-13-15-32(16-14-31)27-20(3)17-19(2)21(4)29-27/h9-11,17-18H,1,5-6,12-16H2,2-4,7-8H3. The van der Waals surface area contributed by atoms with E-state index < -0.39 is 0 Å². The zero-order chi connectivity index (χ0) is 24.3. The van der Waals surface area contributed by atoms with E-state index in [0.29, 0.717) is 17.8 Å². The van der Waals surface area contributed by atoms with E-state index in [0.717, 1.165) is 49.2 Å². The second-order valence-corrected chi connectivity index (χ2v) is 8.83. The summed E-state index contributed by atoms with van der Waals surface area (Å²) in [5.74, 6) is 1.53. The second kappa shape index (κ2) is 10.1. The van der Waals surface area contributed by atoms with Crippen molar-refractivity contribution in [2.24, 2.45) is 0 Å². The molecule has 1 fully saturated rings. The molecule has 6 heteroatoms. The predicted octanol–water partition coefficient (Wildman–Crippen LogP) is 4.96. The molecule has 2 heterocycles. The minimum Gasteiger partial charge on any atom is -0.368 e. The maximum Gasteiger partial charge on any atom is 0.134 e. The Balaban J connectivity index is 1.73. The van der Waals surface area contributed by atoms with Crippen LogP contribution in [0.15, 0.2) is 55.9 Å². The van der Waals surface area contributed by atoms with Gasteiger partial charge in [0, 0.05) is 69.5 Å². The lowest BCUT2D eigenvalue weighted by Crippen LogP contribution is -2.46. The normalized spacial score (nSPS) is 13.6. The third-order valence-corrected chi connectivity index (χ3v) is 6.31. The van der Waals surface area contributed by atoms with E-state index in [1.807, 2.05) is 43.0 Å². The Morgan fingerprint density at radius 3 is 2.30 bits per heavy atom. The van der Waals surface area contributed by atoms with Gasteiger partial charge in [0.2, 0.25) is 0 Å². The van der Waals surface area contributed by atoms with Crippen molar-refractivity contribution < 1.29 is 4.39 Å². The van der Waals surface area contributed by atoms with Gasteiger partial charge >= 0.3 is 0 Å². The minimum atomic E-state index is -0.285. The molecule has 0 bridgehead atoms. The summed E-state index contributed by atoms with van der Waals surface area (Å²) in [6.45, 7) is 22.1. The molecule has 3 rings (SSSR count). The van der Waals surface area contributed by atoms with E-state index in [1.165, 1.54) is 11.1 Å². The number of aryl methyl sites for hydroxylation is 3. The lowest BCUT2D eigenvalue weighted by Gasteiger charge is -2.38. The van der Waals surface area contributed by atoms with Crippen LogP contribution in [0.4, 0.5) is 15.9 Å². The van der Waals surface area contributed by atoms with Crippen molar-refractivity contribution in [3.63, 3.8) is 0 Å². The molecular formula is C27H36FN5. The molecule has 1 aliphatic rings. The van der Waals surface area contributed by atoms with Crippen molar-refractivity contribution in [1.82, 2.24) is 14.8 Å². The van der Waals surface area contributed by atoms with Crippen LogP contribution >= 0.6 is 0 Å². The van der Waals surface area contributed by atoms with Crippen molar-refractivity contribution in [2.75, 3.05) is 56.6 Å². The maximum absolute atomic E-state index is 15.2. The third-order valence-electron chi connectivity index (χ3n) is 6.31. The van der Waals surface area contributed by atoms with Gasteiger partial charge in [0.15, 0.2) is 0 Å². The van der Waals surface area contributed by atoms with Crippen LogP contribution in [0.1, 0.15) is 22.4 Å². The maximum atomic E-state index is 15.2. The second-order valence-electron chi connectivity index (χ2n) is 8.83. The van der Waals surface area contributed by atoms with Crippen LogP contribution in [0, 0.1) is 26.6 Å². The largest absolute Gasteiger partial charge is 0.368 e. The number of benzene rings is 1. The summed E-state index contributed by atoms with van der Waals surface area (Å²) in [5, 5.41) is 0. The van der Waals surface area contributed by atoms with Crippen LogP contribution in [0.25, 0.3) is 5.70 Å². The number of aromatic nitrogens is 1. The fourth-order valence-corrected chi connectivity index (χ4v) is 4.14. The molecule has 0 spiro atoms. The number of anilines is 2.